The molecule has 27 heavy (non-hydrogen) atoms. The number of hydrogen-bond acceptors (Lipinski definition) is 7. The second-order valence-electron chi connectivity index (χ2n) is 5.69. The molecule has 2 rings (SSSR count). The SMILES string of the molecule is NN/C(C(=O)O)=C(\N)OC1CCN(c2cc(Cl)cc(OC(F)(F)F)c2)CC1. The van der Waals surface area contributed by atoms with Crippen LogP contribution in [0.25, 0.3) is 0 Å². The number of aliphatic carboxylic acids is 1. The van der Waals surface area contributed by atoms with E-state index in [4.69, 9.17) is 33.0 Å². The van der Waals surface area contributed by atoms with E-state index in [1.54, 1.807) is 0 Å². The Balaban J connectivity index is 2.02. The molecule has 1 aliphatic heterocycles. The van der Waals surface area contributed by atoms with E-state index in [0.717, 1.165) is 6.07 Å². The van der Waals surface area contributed by atoms with Gasteiger partial charge in [0.05, 0.1) is 0 Å². The Labute approximate surface area is 157 Å². The number of nitrogens with two attached hydrogens (primary N) is 2. The number of alkyl halides is 3. The van der Waals surface area contributed by atoms with Gasteiger partial charge < -0.3 is 30.6 Å². The van der Waals surface area contributed by atoms with E-state index in [9.17, 15) is 18.0 Å². The summed E-state index contributed by atoms with van der Waals surface area (Å²) in [5.41, 5.74) is 7.55. The average molecular weight is 411 g/mol. The molecule has 150 valence electrons. The Kier molecular flexibility index (Phi) is 6.50. The lowest BCUT2D eigenvalue weighted by Crippen LogP contribution is -2.38. The normalized spacial score (nSPS) is 16.6. The molecule has 0 atom stereocenters. The van der Waals surface area contributed by atoms with Crippen LogP contribution < -0.4 is 26.6 Å². The smallest absolute Gasteiger partial charge is 0.476 e. The van der Waals surface area contributed by atoms with Gasteiger partial charge in [0, 0.05) is 42.7 Å². The molecule has 1 heterocycles. The highest BCUT2D eigenvalue weighted by Crippen LogP contribution is 2.32. The summed E-state index contributed by atoms with van der Waals surface area (Å²) in [4.78, 5) is 12.8. The highest BCUT2D eigenvalue weighted by atomic mass is 35.5. The maximum absolute atomic E-state index is 12.4. The van der Waals surface area contributed by atoms with Gasteiger partial charge in [-0.25, -0.2) is 4.79 Å². The minimum atomic E-state index is -4.81. The Bertz CT molecular complexity index is 722. The van der Waals surface area contributed by atoms with Crippen molar-refractivity contribution in [2.24, 2.45) is 11.6 Å². The third-order valence-electron chi connectivity index (χ3n) is 3.80. The van der Waals surface area contributed by atoms with Crippen molar-refractivity contribution < 1.29 is 32.5 Å². The summed E-state index contributed by atoms with van der Waals surface area (Å²) in [6.07, 6.45) is -4.26. The molecule has 0 aliphatic carbocycles. The second-order valence-corrected chi connectivity index (χ2v) is 6.12. The number of hydrogen-bond donors (Lipinski definition) is 4. The van der Waals surface area contributed by atoms with Crippen molar-refractivity contribution in [2.75, 3.05) is 18.0 Å². The van der Waals surface area contributed by atoms with Gasteiger partial charge in [-0.3, -0.25) is 5.84 Å². The molecule has 1 aromatic rings. The van der Waals surface area contributed by atoms with E-state index in [1.165, 1.54) is 12.1 Å². The number of hydrazine groups is 1. The minimum absolute atomic E-state index is 0.109. The first kappa shape index (κ1) is 20.8. The first-order valence-corrected chi connectivity index (χ1v) is 8.14. The summed E-state index contributed by atoms with van der Waals surface area (Å²) < 4.78 is 46.5. The minimum Gasteiger partial charge on any atom is -0.476 e. The first-order chi connectivity index (χ1) is 12.6. The van der Waals surface area contributed by atoms with Gasteiger partial charge in [-0.15, -0.1) is 13.2 Å². The van der Waals surface area contributed by atoms with Crippen molar-refractivity contribution in [3.05, 3.63) is 34.8 Å². The predicted octanol–water partition coefficient (Wildman–Crippen LogP) is 1.90. The van der Waals surface area contributed by atoms with E-state index in [1.807, 2.05) is 10.3 Å². The van der Waals surface area contributed by atoms with Gasteiger partial charge in [-0.05, 0) is 12.1 Å². The Morgan fingerprint density at radius 3 is 2.44 bits per heavy atom. The number of halogens is 4. The second kappa shape index (κ2) is 8.44. The molecule has 0 spiro atoms. The van der Waals surface area contributed by atoms with Crippen molar-refractivity contribution in [1.82, 2.24) is 5.43 Å². The molecular formula is C15H18ClF3N4O4. The summed E-state index contributed by atoms with van der Waals surface area (Å²) in [6, 6.07) is 3.85. The van der Waals surface area contributed by atoms with Crippen molar-refractivity contribution in [3.63, 3.8) is 0 Å². The van der Waals surface area contributed by atoms with Crippen LogP contribution in [0.4, 0.5) is 18.9 Å². The molecule has 6 N–H and O–H groups in total. The molecule has 0 radical (unpaired) electrons. The largest absolute Gasteiger partial charge is 0.573 e. The van der Waals surface area contributed by atoms with Crippen LogP contribution >= 0.6 is 11.6 Å². The van der Waals surface area contributed by atoms with Crippen LogP contribution in [0.1, 0.15) is 12.8 Å². The van der Waals surface area contributed by atoms with Crippen molar-refractivity contribution >= 4 is 23.3 Å². The predicted molar refractivity (Wildman–Crippen MR) is 90.6 cm³/mol. The molecule has 12 heteroatoms. The highest BCUT2D eigenvalue weighted by Gasteiger charge is 2.32. The lowest BCUT2D eigenvalue weighted by atomic mass is 10.1. The fourth-order valence-corrected chi connectivity index (χ4v) is 2.85. The fraction of sp³-hybridized carbons (Fsp3) is 0.400. The quantitative estimate of drug-likeness (QED) is 0.243. The molecule has 0 bridgehead atoms. The average Bonchev–Trinajstić information content (AvgIpc) is 2.53. The number of rotatable bonds is 6. The molecule has 0 saturated carbocycles. The van der Waals surface area contributed by atoms with E-state index in [2.05, 4.69) is 4.74 Å². The van der Waals surface area contributed by atoms with E-state index in [0.29, 0.717) is 31.6 Å². The van der Waals surface area contributed by atoms with E-state index in [-0.39, 0.29) is 17.0 Å². The Hall–Kier alpha value is -2.53. The lowest BCUT2D eigenvalue weighted by Gasteiger charge is -2.34. The van der Waals surface area contributed by atoms with Crippen LogP contribution in [0.5, 0.6) is 5.75 Å². The first-order valence-electron chi connectivity index (χ1n) is 7.76. The van der Waals surface area contributed by atoms with Crippen LogP contribution in [0.2, 0.25) is 5.02 Å². The molecule has 1 saturated heterocycles. The summed E-state index contributed by atoms with van der Waals surface area (Å²) in [7, 11) is 0. The van der Waals surface area contributed by atoms with Crippen LogP contribution in [0.15, 0.2) is 29.8 Å². The van der Waals surface area contributed by atoms with Gasteiger partial charge in [0.25, 0.3) is 0 Å². The zero-order valence-corrected chi connectivity index (χ0v) is 14.7. The number of ether oxygens (including phenoxy) is 2. The molecule has 8 nitrogen and oxygen atoms in total. The summed E-state index contributed by atoms with van der Waals surface area (Å²) in [5.74, 6) is 2.98. The standard InChI is InChI=1S/C15H18ClF3N4O4/c16-8-5-9(7-11(6-8)27-15(17,18)19)23-3-1-10(2-4-23)26-13(20)12(22-21)14(24)25/h5-7,10,22H,1-4,20-21H2,(H,24,25)/b13-12+. The Morgan fingerprint density at radius 1 is 1.30 bits per heavy atom. The number of carbonyl (C=O) groups is 1. The van der Waals surface area contributed by atoms with Crippen LogP contribution in [0.3, 0.4) is 0 Å². The maximum Gasteiger partial charge on any atom is 0.573 e. The lowest BCUT2D eigenvalue weighted by molar-refractivity contribution is -0.274. The maximum atomic E-state index is 12.4. The third-order valence-corrected chi connectivity index (χ3v) is 4.01. The highest BCUT2D eigenvalue weighted by molar-refractivity contribution is 6.31. The van der Waals surface area contributed by atoms with Crippen LogP contribution in [0, 0.1) is 0 Å². The van der Waals surface area contributed by atoms with E-state index >= 15 is 0 Å². The van der Waals surface area contributed by atoms with Crippen molar-refractivity contribution in [1.29, 1.82) is 0 Å². The third kappa shape index (κ3) is 6.00. The van der Waals surface area contributed by atoms with Gasteiger partial charge in [-0.2, -0.15) is 0 Å². The van der Waals surface area contributed by atoms with E-state index < -0.39 is 23.8 Å². The molecule has 1 aliphatic rings. The number of nitrogens with one attached hydrogen (secondary N) is 1. The molecule has 0 unspecified atom stereocenters. The number of benzene rings is 1. The van der Waals surface area contributed by atoms with Gasteiger partial charge in [0.15, 0.2) is 5.70 Å². The summed E-state index contributed by atoms with van der Waals surface area (Å²) in [6.45, 7) is 0.865. The van der Waals surface area contributed by atoms with Crippen molar-refractivity contribution in [3.8, 4) is 5.75 Å². The zero-order chi connectivity index (χ0) is 20.2. The van der Waals surface area contributed by atoms with Crippen molar-refractivity contribution in [2.45, 2.75) is 25.3 Å². The fourth-order valence-electron chi connectivity index (χ4n) is 2.63. The molecule has 1 fully saturated rings. The Morgan fingerprint density at radius 2 is 1.93 bits per heavy atom. The number of anilines is 1. The molecule has 0 aromatic heterocycles. The van der Waals surface area contributed by atoms with Gasteiger partial charge in [0.2, 0.25) is 5.88 Å². The van der Waals surface area contributed by atoms with Gasteiger partial charge in [0.1, 0.15) is 11.9 Å². The van der Waals surface area contributed by atoms with Crippen LogP contribution in [-0.2, 0) is 9.53 Å². The number of carboxylic acids is 1. The topological polar surface area (TPSA) is 123 Å². The molecular weight excluding hydrogens is 393 g/mol. The molecule has 1 aromatic carbocycles. The number of nitrogens with zero attached hydrogens (tertiary/aromatic N) is 1. The molecule has 0 amide bonds. The number of piperidine rings is 1. The van der Waals surface area contributed by atoms with Gasteiger partial charge in [-0.1, -0.05) is 11.6 Å². The monoisotopic (exact) mass is 410 g/mol. The zero-order valence-electron chi connectivity index (χ0n) is 13.9. The summed E-state index contributed by atoms with van der Waals surface area (Å²) in [5, 5.41) is 9.03. The summed E-state index contributed by atoms with van der Waals surface area (Å²) >= 11 is 5.88. The number of carboxylic acid groups (broad SMARTS) is 1. The van der Waals surface area contributed by atoms with Crippen LogP contribution in [-0.4, -0.2) is 36.6 Å². The van der Waals surface area contributed by atoms with Gasteiger partial charge >= 0.3 is 12.3 Å².